The molecule has 1 amide bonds. The van der Waals surface area contributed by atoms with Gasteiger partial charge in [0.2, 0.25) is 5.91 Å². The smallest absolute Gasteiger partial charge is 0.242 e. The van der Waals surface area contributed by atoms with Gasteiger partial charge in [-0.2, -0.15) is 0 Å². The van der Waals surface area contributed by atoms with Crippen molar-refractivity contribution in [2.75, 3.05) is 16.9 Å². The van der Waals surface area contributed by atoms with Gasteiger partial charge in [0.05, 0.1) is 12.1 Å². The van der Waals surface area contributed by atoms with Gasteiger partial charge < -0.3 is 10.1 Å². The number of amides is 1. The van der Waals surface area contributed by atoms with Crippen molar-refractivity contribution in [3.8, 4) is 5.75 Å². The monoisotopic (exact) mass is 280 g/mol. The van der Waals surface area contributed by atoms with Crippen molar-refractivity contribution in [2.45, 2.75) is 32.9 Å². The fraction of sp³-hybridized carbons (Fsp3) is 0.500. The van der Waals surface area contributed by atoms with E-state index < -0.39 is 0 Å². The number of carbonyl (C=O) groups excluding carboxylic acids is 1. The van der Waals surface area contributed by atoms with E-state index in [0.717, 1.165) is 28.6 Å². The number of ether oxygens (including phenoxy) is 1. The molecule has 0 aliphatic carbocycles. The third-order valence-corrected chi connectivity index (χ3v) is 3.80. The minimum atomic E-state index is -0.0870. The van der Waals surface area contributed by atoms with E-state index in [9.17, 15) is 4.79 Å². The summed E-state index contributed by atoms with van der Waals surface area (Å²) in [6, 6.07) is 5.65. The number of nitrogens with one attached hydrogen (secondary N) is 2. The average Bonchev–Trinajstić information content (AvgIpc) is 2.85. The predicted molar refractivity (Wildman–Crippen MR) is 79.8 cm³/mol. The topological polar surface area (TPSA) is 50.4 Å². The molecular formula is C14H20N2O2S. The zero-order valence-corrected chi connectivity index (χ0v) is 12.3. The molecule has 5 heteroatoms. The Hall–Kier alpha value is -1.20. The van der Waals surface area contributed by atoms with Crippen LogP contribution in [0.25, 0.3) is 0 Å². The van der Waals surface area contributed by atoms with Crippen LogP contribution in [-0.4, -0.2) is 29.7 Å². The Labute approximate surface area is 118 Å². The summed E-state index contributed by atoms with van der Waals surface area (Å²) in [4.78, 5) is 12.0. The molecule has 2 rings (SSSR count). The number of hydrogen-bond donors (Lipinski definition) is 2. The van der Waals surface area contributed by atoms with Gasteiger partial charge in [-0.1, -0.05) is 0 Å². The number of anilines is 1. The molecule has 1 atom stereocenters. The van der Waals surface area contributed by atoms with Crippen molar-refractivity contribution < 1.29 is 9.53 Å². The molecule has 1 aromatic rings. The summed E-state index contributed by atoms with van der Waals surface area (Å²) < 4.78 is 5.63. The summed E-state index contributed by atoms with van der Waals surface area (Å²) in [5.74, 6) is 2.54. The van der Waals surface area contributed by atoms with Crippen molar-refractivity contribution in [3.05, 3.63) is 23.8 Å². The summed E-state index contributed by atoms with van der Waals surface area (Å²) >= 11 is 1.74. The van der Waals surface area contributed by atoms with E-state index in [-0.39, 0.29) is 18.1 Å². The molecule has 0 spiro atoms. The van der Waals surface area contributed by atoms with E-state index in [1.807, 2.05) is 39.0 Å². The summed E-state index contributed by atoms with van der Waals surface area (Å²) in [6.45, 7) is 5.96. The number of carbonyl (C=O) groups is 1. The highest BCUT2D eigenvalue weighted by molar-refractivity contribution is 7.99. The third-order valence-electron chi connectivity index (χ3n) is 2.86. The van der Waals surface area contributed by atoms with Gasteiger partial charge in [0.25, 0.3) is 0 Å². The average molecular weight is 280 g/mol. The van der Waals surface area contributed by atoms with E-state index in [1.165, 1.54) is 0 Å². The fourth-order valence-electron chi connectivity index (χ4n) is 1.91. The lowest BCUT2D eigenvalue weighted by Crippen LogP contribution is -2.37. The zero-order valence-electron chi connectivity index (χ0n) is 11.5. The predicted octanol–water partition coefficient (Wildman–Crippen LogP) is 2.38. The molecule has 1 unspecified atom stereocenters. The van der Waals surface area contributed by atoms with Crippen molar-refractivity contribution >= 4 is 23.4 Å². The number of hydrogen-bond acceptors (Lipinski definition) is 4. The lowest BCUT2D eigenvalue weighted by molar-refractivity contribution is -0.117. The lowest BCUT2D eigenvalue weighted by atomic mass is 10.1. The first-order valence-corrected chi connectivity index (χ1v) is 7.61. The second-order valence-electron chi connectivity index (χ2n) is 4.90. The molecule has 2 N–H and O–H groups in total. The summed E-state index contributed by atoms with van der Waals surface area (Å²) in [5.41, 5.74) is 1.86. The van der Waals surface area contributed by atoms with E-state index in [0.29, 0.717) is 0 Å². The standard InChI is InChI=1S/C14H20N2O2S/c1-9(2)18-11-4-5-12(10(3)6-11)16-14(17)13-7-19-8-15-13/h4-6,9,13,15H,7-8H2,1-3H3,(H,16,17). The molecule has 0 radical (unpaired) electrons. The maximum absolute atomic E-state index is 12.0. The molecule has 1 heterocycles. The Bertz CT molecular complexity index is 457. The van der Waals surface area contributed by atoms with Gasteiger partial charge in [-0.3, -0.25) is 10.1 Å². The van der Waals surface area contributed by atoms with Gasteiger partial charge in [0.15, 0.2) is 0 Å². The Morgan fingerprint density at radius 1 is 1.53 bits per heavy atom. The first kappa shape index (κ1) is 14.2. The lowest BCUT2D eigenvalue weighted by Gasteiger charge is -2.15. The molecule has 1 aliphatic rings. The van der Waals surface area contributed by atoms with Crippen LogP contribution in [0.15, 0.2) is 18.2 Å². The van der Waals surface area contributed by atoms with Crippen LogP contribution >= 0.6 is 11.8 Å². The van der Waals surface area contributed by atoms with E-state index in [2.05, 4.69) is 10.6 Å². The van der Waals surface area contributed by atoms with Gasteiger partial charge in [0.1, 0.15) is 5.75 Å². The molecular weight excluding hydrogens is 260 g/mol. The van der Waals surface area contributed by atoms with Crippen molar-refractivity contribution in [1.29, 1.82) is 0 Å². The fourth-order valence-corrected chi connectivity index (χ4v) is 2.85. The normalized spacial score (nSPS) is 18.6. The SMILES string of the molecule is Cc1cc(OC(C)C)ccc1NC(=O)C1CSCN1. The maximum atomic E-state index is 12.0. The van der Waals surface area contributed by atoms with Crippen LogP contribution in [0.5, 0.6) is 5.75 Å². The highest BCUT2D eigenvalue weighted by Crippen LogP contribution is 2.23. The minimum absolute atomic E-state index is 0.0330. The summed E-state index contributed by atoms with van der Waals surface area (Å²) in [7, 11) is 0. The molecule has 0 saturated carbocycles. The van der Waals surface area contributed by atoms with E-state index >= 15 is 0 Å². The van der Waals surface area contributed by atoms with Crippen molar-refractivity contribution in [3.63, 3.8) is 0 Å². The van der Waals surface area contributed by atoms with Gasteiger partial charge in [-0.05, 0) is 44.5 Å². The Kier molecular flexibility index (Phi) is 4.71. The molecule has 4 nitrogen and oxygen atoms in total. The molecule has 104 valence electrons. The largest absolute Gasteiger partial charge is 0.491 e. The quantitative estimate of drug-likeness (QED) is 0.889. The number of benzene rings is 1. The van der Waals surface area contributed by atoms with Crippen LogP contribution in [0, 0.1) is 6.92 Å². The third kappa shape index (κ3) is 3.88. The van der Waals surface area contributed by atoms with Gasteiger partial charge in [-0.25, -0.2) is 0 Å². The molecule has 1 aliphatic heterocycles. The first-order valence-electron chi connectivity index (χ1n) is 6.45. The van der Waals surface area contributed by atoms with E-state index in [1.54, 1.807) is 11.8 Å². The zero-order chi connectivity index (χ0) is 13.8. The summed E-state index contributed by atoms with van der Waals surface area (Å²) in [5, 5.41) is 6.12. The van der Waals surface area contributed by atoms with Crippen LogP contribution in [0.4, 0.5) is 5.69 Å². The summed E-state index contributed by atoms with van der Waals surface area (Å²) in [6.07, 6.45) is 0.152. The van der Waals surface area contributed by atoms with Gasteiger partial charge >= 0.3 is 0 Å². The van der Waals surface area contributed by atoms with Gasteiger partial charge in [-0.15, -0.1) is 11.8 Å². The molecule has 1 aromatic carbocycles. The first-order chi connectivity index (χ1) is 9.06. The van der Waals surface area contributed by atoms with Crippen molar-refractivity contribution in [1.82, 2.24) is 5.32 Å². The number of thioether (sulfide) groups is 1. The Morgan fingerprint density at radius 2 is 2.32 bits per heavy atom. The van der Waals surface area contributed by atoms with Gasteiger partial charge in [0, 0.05) is 17.3 Å². The van der Waals surface area contributed by atoms with E-state index in [4.69, 9.17) is 4.74 Å². The van der Waals surface area contributed by atoms with Crippen LogP contribution < -0.4 is 15.4 Å². The highest BCUT2D eigenvalue weighted by Gasteiger charge is 2.22. The van der Waals surface area contributed by atoms with Crippen molar-refractivity contribution in [2.24, 2.45) is 0 Å². The maximum Gasteiger partial charge on any atom is 0.242 e. The molecule has 0 aromatic heterocycles. The number of rotatable bonds is 4. The van der Waals surface area contributed by atoms with Crippen LogP contribution in [0.2, 0.25) is 0 Å². The Morgan fingerprint density at radius 3 is 2.89 bits per heavy atom. The number of aryl methyl sites for hydroxylation is 1. The molecule has 19 heavy (non-hydrogen) atoms. The van der Waals surface area contributed by atoms with Crippen LogP contribution in [0.3, 0.4) is 0 Å². The minimum Gasteiger partial charge on any atom is -0.491 e. The van der Waals surface area contributed by atoms with Crippen LogP contribution in [0.1, 0.15) is 19.4 Å². The molecule has 1 fully saturated rings. The highest BCUT2D eigenvalue weighted by atomic mass is 32.2. The molecule has 1 saturated heterocycles. The molecule has 0 bridgehead atoms. The van der Waals surface area contributed by atoms with Crippen LogP contribution in [-0.2, 0) is 4.79 Å². The second-order valence-corrected chi connectivity index (χ2v) is 5.93. The second kappa shape index (κ2) is 6.30. The Balaban J connectivity index is 2.02.